The van der Waals surface area contributed by atoms with Crippen molar-refractivity contribution in [1.82, 2.24) is 15.3 Å². The number of nitrogens with one attached hydrogen (secondary N) is 1. The number of halogens is 1. The molecule has 0 saturated carbocycles. The lowest BCUT2D eigenvalue weighted by Gasteiger charge is -2.30. The van der Waals surface area contributed by atoms with Gasteiger partial charge >= 0.3 is 0 Å². The molecule has 1 atom stereocenters. The molecule has 0 radical (unpaired) electrons. The van der Waals surface area contributed by atoms with E-state index >= 15 is 0 Å². The van der Waals surface area contributed by atoms with Gasteiger partial charge in [-0.3, -0.25) is 0 Å². The fraction of sp³-hybridized carbons (Fsp3) is 0.538. The SMILES string of the molecule is C=C1C[C@@H](O)c2ncnc(N3CCCCCCCCc4c3ccc(Cl)c4CNC(C)C)c21. The van der Waals surface area contributed by atoms with E-state index in [0.29, 0.717) is 18.2 Å². The number of benzene rings is 1. The van der Waals surface area contributed by atoms with Crippen LogP contribution in [0.4, 0.5) is 11.5 Å². The van der Waals surface area contributed by atoms with E-state index in [1.165, 1.54) is 42.5 Å². The molecule has 0 spiro atoms. The zero-order valence-corrected chi connectivity index (χ0v) is 20.1. The number of hydrogen-bond acceptors (Lipinski definition) is 5. The van der Waals surface area contributed by atoms with Crippen LogP contribution in [0.2, 0.25) is 5.02 Å². The van der Waals surface area contributed by atoms with Crippen molar-refractivity contribution in [1.29, 1.82) is 0 Å². The van der Waals surface area contributed by atoms with E-state index in [1.54, 1.807) is 6.33 Å². The minimum atomic E-state index is -0.598. The Morgan fingerprint density at radius 3 is 2.69 bits per heavy atom. The third-order valence-corrected chi connectivity index (χ3v) is 6.96. The Balaban J connectivity index is 1.85. The van der Waals surface area contributed by atoms with Gasteiger partial charge in [0.1, 0.15) is 18.2 Å². The third-order valence-electron chi connectivity index (χ3n) is 6.61. The highest BCUT2D eigenvalue weighted by atomic mass is 35.5. The van der Waals surface area contributed by atoms with Crippen molar-refractivity contribution in [3.8, 4) is 0 Å². The van der Waals surface area contributed by atoms with Gasteiger partial charge in [-0.15, -0.1) is 0 Å². The van der Waals surface area contributed by atoms with Crippen LogP contribution in [0.3, 0.4) is 0 Å². The molecular weight excluding hydrogens is 420 g/mol. The molecule has 2 aromatic rings. The minimum Gasteiger partial charge on any atom is -0.386 e. The Hall–Kier alpha value is -1.95. The van der Waals surface area contributed by atoms with Crippen LogP contribution in [0.1, 0.15) is 87.3 Å². The van der Waals surface area contributed by atoms with E-state index < -0.39 is 6.10 Å². The maximum atomic E-state index is 10.5. The Kier molecular flexibility index (Phi) is 7.49. The topological polar surface area (TPSA) is 61.3 Å². The first-order valence-corrected chi connectivity index (χ1v) is 12.4. The molecule has 0 bridgehead atoms. The van der Waals surface area contributed by atoms with Gasteiger partial charge in [-0.25, -0.2) is 9.97 Å². The van der Waals surface area contributed by atoms with Crippen LogP contribution >= 0.6 is 11.6 Å². The van der Waals surface area contributed by atoms with E-state index in [1.807, 2.05) is 6.07 Å². The first kappa shape index (κ1) is 23.2. The van der Waals surface area contributed by atoms with E-state index in [0.717, 1.165) is 54.3 Å². The van der Waals surface area contributed by atoms with Crippen molar-refractivity contribution in [2.24, 2.45) is 0 Å². The Labute approximate surface area is 196 Å². The lowest BCUT2D eigenvalue weighted by Crippen LogP contribution is -2.26. The second kappa shape index (κ2) is 10.3. The van der Waals surface area contributed by atoms with Crippen molar-refractivity contribution in [2.45, 2.75) is 83.9 Å². The largest absolute Gasteiger partial charge is 0.386 e. The molecule has 0 amide bonds. The summed E-state index contributed by atoms with van der Waals surface area (Å²) >= 11 is 6.74. The van der Waals surface area contributed by atoms with Crippen LogP contribution in [0.5, 0.6) is 0 Å². The van der Waals surface area contributed by atoms with Gasteiger partial charge in [0.2, 0.25) is 0 Å². The summed E-state index contributed by atoms with van der Waals surface area (Å²) < 4.78 is 0. The number of aromatic nitrogens is 2. The second-order valence-electron chi connectivity index (χ2n) is 9.36. The van der Waals surface area contributed by atoms with E-state index in [-0.39, 0.29) is 0 Å². The van der Waals surface area contributed by atoms with Crippen LogP contribution in [-0.2, 0) is 13.0 Å². The minimum absolute atomic E-state index is 0.385. The highest BCUT2D eigenvalue weighted by Crippen LogP contribution is 2.44. The number of anilines is 2. The maximum absolute atomic E-state index is 10.5. The second-order valence-corrected chi connectivity index (χ2v) is 9.77. The van der Waals surface area contributed by atoms with Crippen LogP contribution in [0.15, 0.2) is 25.0 Å². The lowest BCUT2D eigenvalue weighted by atomic mass is 9.97. The van der Waals surface area contributed by atoms with Crippen LogP contribution in [0.25, 0.3) is 5.57 Å². The Bertz CT molecular complexity index is 975. The molecule has 2 heterocycles. The molecular formula is C26H35ClN4O. The molecule has 1 aromatic heterocycles. The van der Waals surface area contributed by atoms with Gasteiger partial charge < -0.3 is 15.3 Å². The van der Waals surface area contributed by atoms with Crippen molar-refractivity contribution in [3.05, 3.63) is 52.4 Å². The molecule has 0 saturated heterocycles. The van der Waals surface area contributed by atoms with Crippen LogP contribution in [0, 0.1) is 0 Å². The number of hydrogen-bond donors (Lipinski definition) is 2. The highest BCUT2D eigenvalue weighted by molar-refractivity contribution is 6.31. The fourth-order valence-corrected chi connectivity index (χ4v) is 5.16. The van der Waals surface area contributed by atoms with Crippen molar-refractivity contribution >= 4 is 28.7 Å². The molecule has 1 aliphatic heterocycles. The van der Waals surface area contributed by atoms with Gasteiger partial charge in [0.15, 0.2) is 0 Å². The first-order chi connectivity index (χ1) is 15.5. The summed E-state index contributed by atoms with van der Waals surface area (Å²) in [5.74, 6) is 0.863. The molecule has 172 valence electrons. The summed E-state index contributed by atoms with van der Waals surface area (Å²) in [7, 11) is 0. The molecule has 1 aromatic carbocycles. The van der Waals surface area contributed by atoms with Crippen molar-refractivity contribution < 1.29 is 5.11 Å². The average molecular weight is 455 g/mol. The first-order valence-electron chi connectivity index (χ1n) is 12.0. The maximum Gasteiger partial charge on any atom is 0.144 e. The molecule has 5 nitrogen and oxygen atoms in total. The Morgan fingerprint density at radius 2 is 1.91 bits per heavy atom. The van der Waals surface area contributed by atoms with E-state index in [2.05, 4.69) is 41.7 Å². The molecule has 6 heteroatoms. The molecule has 2 aliphatic rings. The van der Waals surface area contributed by atoms with Crippen molar-refractivity contribution in [3.63, 3.8) is 0 Å². The van der Waals surface area contributed by atoms with Crippen molar-refractivity contribution in [2.75, 3.05) is 11.4 Å². The zero-order chi connectivity index (χ0) is 22.7. The van der Waals surface area contributed by atoms with Crippen LogP contribution < -0.4 is 10.2 Å². The third kappa shape index (κ3) is 4.85. The quantitative estimate of drug-likeness (QED) is 0.583. The summed E-state index contributed by atoms with van der Waals surface area (Å²) in [6, 6.07) is 4.56. The number of fused-ring (bicyclic) bond motifs is 2. The Morgan fingerprint density at radius 1 is 1.16 bits per heavy atom. The summed E-state index contributed by atoms with van der Waals surface area (Å²) in [6.07, 6.45) is 9.74. The fourth-order valence-electron chi connectivity index (χ4n) is 4.92. The number of aliphatic hydroxyl groups is 1. The average Bonchev–Trinajstić information content (AvgIpc) is 3.04. The normalized spacial score (nSPS) is 19.6. The van der Waals surface area contributed by atoms with Crippen LogP contribution in [-0.4, -0.2) is 27.7 Å². The summed E-state index contributed by atoms with van der Waals surface area (Å²) in [5.41, 5.74) is 6.20. The molecule has 4 rings (SSSR count). The van der Waals surface area contributed by atoms with Gasteiger partial charge in [-0.2, -0.15) is 0 Å². The summed E-state index contributed by atoms with van der Waals surface area (Å²) in [6.45, 7) is 10.2. The van der Waals surface area contributed by atoms with E-state index in [9.17, 15) is 5.11 Å². The lowest BCUT2D eigenvalue weighted by molar-refractivity contribution is 0.185. The smallest absolute Gasteiger partial charge is 0.144 e. The predicted octanol–water partition coefficient (Wildman–Crippen LogP) is 6.11. The molecule has 0 unspecified atom stereocenters. The molecule has 2 N–H and O–H groups in total. The molecule has 0 fully saturated rings. The number of rotatable bonds is 4. The van der Waals surface area contributed by atoms with Gasteiger partial charge in [-0.1, -0.05) is 57.7 Å². The standard InChI is InChI=1S/C26H35ClN4O/c1-17(2)28-15-20-19-10-8-6-4-5-7-9-13-31(22(19)12-11-21(20)27)26-24-18(3)14-23(32)25(24)29-16-30-26/h11-12,16-17,23,28,32H,3-10,13-15H2,1-2H3/t23-/m1/s1. The van der Waals surface area contributed by atoms with Gasteiger partial charge in [0, 0.05) is 41.8 Å². The molecule has 32 heavy (non-hydrogen) atoms. The van der Waals surface area contributed by atoms with Gasteiger partial charge in [-0.05, 0) is 48.1 Å². The van der Waals surface area contributed by atoms with Gasteiger partial charge in [0.25, 0.3) is 0 Å². The summed E-state index contributed by atoms with van der Waals surface area (Å²) in [5, 5.41) is 14.9. The van der Waals surface area contributed by atoms with E-state index in [4.69, 9.17) is 16.6 Å². The number of aliphatic hydroxyl groups excluding tert-OH is 1. The monoisotopic (exact) mass is 454 g/mol. The van der Waals surface area contributed by atoms with Gasteiger partial charge in [0.05, 0.1) is 5.69 Å². The zero-order valence-electron chi connectivity index (χ0n) is 19.3. The molecule has 1 aliphatic carbocycles. The highest BCUT2D eigenvalue weighted by Gasteiger charge is 2.31. The summed E-state index contributed by atoms with van der Waals surface area (Å²) in [4.78, 5) is 11.5. The number of nitrogens with zero attached hydrogens (tertiary/aromatic N) is 3. The predicted molar refractivity (Wildman–Crippen MR) is 132 cm³/mol.